The van der Waals surface area contributed by atoms with E-state index in [1.807, 2.05) is 31.2 Å². The number of pyridine rings is 1. The lowest BCUT2D eigenvalue weighted by atomic mass is 9.90. The van der Waals surface area contributed by atoms with Crippen molar-refractivity contribution in [1.29, 1.82) is 0 Å². The van der Waals surface area contributed by atoms with Crippen molar-refractivity contribution in [2.75, 3.05) is 13.7 Å². The molecule has 2 aliphatic carbocycles. The number of methoxy groups -OCH3 is 1. The van der Waals surface area contributed by atoms with Gasteiger partial charge in [0.1, 0.15) is 11.7 Å². The molecule has 2 heterocycles. The molecule has 3 fully saturated rings. The second-order valence-electron chi connectivity index (χ2n) is 14.7. The standard InChI is InChI=1S/C36H47N3O9S/c1-8-24-18-36(24,34(43)38-49(44,45)26-10-11-26)19-30(40)29-16-25(47-32-27-12-9-21(2)15-23(27)13-14-37-32)20-39(29)33(42)28(22(3)46-7)17-31(41)48-35(4,5)6/h8-9,12-15,22,24-26,28-29H,1,10-11,16-20H2,2-7H3,(H,38,43)/t22-,24-,25-,28+,29+,36-/m1/s1. The average Bonchev–Trinajstić information content (AvgIpc) is 3.95. The van der Waals surface area contributed by atoms with Gasteiger partial charge in [-0.25, -0.2) is 13.4 Å². The number of aryl methyl sites for hydroxylation is 1. The summed E-state index contributed by atoms with van der Waals surface area (Å²) in [4.78, 5) is 60.9. The number of fused-ring (bicyclic) bond motifs is 1. The predicted octanol–water partition coefficient (Wildman–Crippen LogP) is 4.03. The number of ketones is 1. The Kier molecular flexibility index (Phi) is 10.3. The minimum Gasteiger partial charge on any atom is -0.472 e. The van der Waals surface area contributed by atoms with Gasteiger partial charge in [-0.1, -0.05) is 23.8 Å². The van der Waals surface area contributed by atoms with Gasteiger partial charge >= 0.3 is 5.97 Å². The highest BCUT2D eigenvalue weighted by Gasteiger charge is 2.61. The summed E-state index contributed by atoms with van der Waals surface area (Å²) < 4.78 is 44.9. The number of aromatic nitrogens is 1. The molecule has 2 saturated carbocycles. The maximum Gasteiger partial charge on any atom is 0.307 e. The van der Waals surface area contributed by atoms with Gasteiger partial charge in [0.15, 0.2) is 5.78 Å². The molecule has 1 saturated heterocycles. The van der Waals surface area contributed by atoms with Crippen molar-refractivity contribution >= 4 is 44.4 Å². The first-order chi connectivity index (χ1) is 23.0. The average molecular weight is 698 g/mol. The summed E-state index contributed by atoms with van der Waals surface area (Å²) in [5.41, 5.74) is -1.000. The molecular formula is C36H47N3O9S. The van der Waals surface area contributed by atoms with Crippen LogP contribution in [0.3, 0.4) is 0 Å². The fourth-order valence-electron chi connectivity index (χ4n) is 6.66. The number of carbonyl (C=O) groups excluding carboxylic acids is 4. The van der Waals surface area contributed by atoms with Crippen molar-refractivity contribution in [2.45, 2.75) is 102 Å². The molecule has 1 aliphatic heterocycles. The highest BCUT2D eigenvalue weighted by molar-refractivity contribution is 7.90. The summed E-state index contributed by atoms with van der Waals surface area (Å²) >= 11 is 0. The topological polar surface area (TPSA) is 158 Å². The van der Waals surface area contributed by atoms with Gasteiger partial charge in [0.2, 0.25) is 27.7 Å². The molecule has 0 bridgehead atoms. The van der Waals surface area contributed by atoms with E-state index in [2.05, 4.69) is 16.3 Å². The van der Waals surface area contributed by atoms with Crippen molar-refractivity contribution in [2.24, 2.45) is 17.3 Å². The summed E-state index contributed by atoms with van der Waals surface area (Å²) in [6, 6.07) is 6.72. The largest absolute Gasteiger partial charge is 0.472 e. The molecule has 0 spiro atoms. The van der Waals surface area contributed by atoms with Crippen LogP contribution in [-0.4, -0.2) is 84.6 Å². The Morgan fingerprint density at radius 1 is 1.18 bits per heavy atom. The number of carbonyl (C=O) groups is 4. The summed E-state index contributed by atoms with van der Waals surface area (Å²) in [6.45, 7) is 12.7. The second kappa shape index (κ2) is 13.8. The van der Waals surface area contributed by atoms with Crippen LogP contribution >= 0.6 is 0 Å². The Hall–Kier alpha value is -3.84. The van der Waals surface area contributed by atoms with Crippen LogP contribution in [0.15, 0.2) is 43.1 Å². The number of likely N-dealkylation sites (tertiary alicyclic amines) is 1. The fourth-order valence-corrected chi connectivity index (χ4v) is 8.04. The summed E-state index contributed by atoms with van der Waals surface area (Å²) in [5, 5.41) is 1.09. The molecule has 1 aromatic carbocycles. The third-order valence-electron chi connectivity index (χ3n) is 9.70. The summed E-state index contributed by atoms with van der Waals surface area (Å²) in [6.07, 6.45) is 2.61. The lowest BCUT2D eigenvalue weighted by Crippen LogP contribution is -2.48. The van der Waals surface area contributed by atoms with Gasteiger partial charge in [-0.15, -0.1) is 6.58 Å². The molecule has 0 unspecified atom stereocenters. The van der Waals surface area contributed by atoms with Crippen molar-refractivity contribution in [3.05, 3.63) is 48.7 Å². The van der Waals surface area contributed by atoms with E-state index in [9.17, 15) is 27.6 Å². The van der Waals surface area contributed by atoms with Crippen molar-refractivity contribution in [1.82, 2.24) is 14.6 Å². The van der Waals surface area contributed by atoms with E-state index in [0.29, 0.717) is 18.7 Å². The van der Waals surface area contributed by atoms with E-state index in [4.69, 9.17) is 14.2 Å². The fraction of sp³-hybridized carbons (Fsp3) is 0.583. The zero-order valence-electron chi connectivity index (χ0n) is 29.1. The third-order valence-corrected chi connectivity index (χ3v) is 11.5. The number of nitrogens with one attached hydrogen (secondary N) is 1. The number of amides is 2. The van der Waals surface area contributed by atoms with Gasteiger partial charge in [0.25, 0.3) is 0 Å². The molecule has 6 atom stereocenters. The maximum absolute atomic E-state index is 14.4. The number of nitrogens with zero attached hydrogens (tertiary/aromatic N) is 2. The van der Waals surface area contributed by atoms with Crippen LogP contribution in [0.2, 0.25) is 0 Å². The Morgan fingerprint density at radius 2 is 1.90 bits per heavy atom. The first-order valence-electron chi connectivity index (χ1n) is 16.8. The number of hydrogen-bond acceptors (Lipinski definition) is 10. The molecule has 2 aromatic rings. The number of hydrogen-bond donors (Lipinski definition) is 1. The molecular weight excluding hydrogens is 650 g/mol. The summed E-state index contributed by atoms with van der Waals surface area (Å²) in [5.74, 6) is -3.24. The highest BCUT2D eigenvalue weighted by atomic mass is 32.2. The summed E-state index contributed by atoms with van der Waals surface area (Å²) in [7, 11) is -2.41. The van der Waals surface area contributed by atoms with E-state index in [-0.39, 0.29) is 32.2 Å². The number of Topliss-reactive ketones (excluding diaryl/α,β-unsaturated/α-hetero) is 1. The zero-order chi connectivity index (χ0) is 35.9. The molecule has 3 aliphatic rings. The number of allylic oxidation sites excluding steroid dienone is 1. The molecule has 12 nitrogen and oxygen atoms in total. The van der Waals surface area contributed by atoms with Gasteiger partial charge in [0, 0.05) is 31.5 Å². The van der Waals surface area contributed by atoms with Crippen molar-refractivity contribution < 1.29 is 41.8 Å². The van der Waals surface area contributed by atoms with Gasteiger partial charge < -0.3 is 19.1 Å². The monoisotopic (exact) mass is 697 g/mol. The molecule has 5 rings (SSSR count). The normalized spacial score (nSPS) is 24.9. The smallest absolute Gasteiger partial charge is 0.307 e. The minimum atomic E-state index is -3.85. The minimum absolute atomic E-state index is 0.0144. The number of sulfonamides is 1. The van der Waals surface area contributed by atoms with Crippen LogP contribution in [0, 0.1) is 24.2 Å². The third kappa shape index (κ3) is 8.15. The molecule has 1 aromatic heterocycles. The van der Waals surface area contributed by atoms with E-state index < -0.39 is 79.9 Å². The van der Waals surface area contributed by atoms with E-state index in [0.717, 1.165) is 16.3 Å². The van der Waals surface area contributed by atoms with Gasteiger partial charge in [-0.05, 0) is 77.3 Å². The first kappa shape index (κ1) is 36.4. The molecule has 0 radical (unpaired) electrons. The highest BCUT2D eigenvalue weighted by Crippen LogP contribution is 2.57. The van der Waals surface area contributed by atoms with Gasteiger partial charge in [-0.2, -0.15) is 0 Å². The number of ether oxygens (including phenoxy) is 3. The van der Waals surface area contributed by atoms with E-state index in [1.54, 1.807) is 40.0 Å². The van der Waals surface area contributed by atoms with Crippen molar-refractivity contribution in [3.63, 3.8) is 0 Å². The van der Waals surface area contributed by atoms with Gasteiger partial charge in [-0.3, -0.25) is 23.9 Å². The van der Waals surface area contributed by atoms with E-state index in [1.165, 1.54) is 12.0 Å². The number of benzene rings is 1. The lowest BCUT2D eigenvalue weighted by Gasteiger charge is -2.31. The lowest BCUT2D eigenvalue weighted by molar-refractivity contribution is -0.161. The van der Waals surface area contributed by atoms with Crippen LogP contribution < -0.4 is 9.46 Å². The SMILES string of the molecule is C=C[C@@H]1C[C@]1(CC(=O)[C@@H]1C[C@@H](Oc2nccc3cc(C)ccc23)CN1C(=O)[C@@H](CC(=O)OC(C)(C)C)[C@@H](C)OC)C(=O)NS(=O)(=O)C1CC1. The van der Waals surface area contributed by atoms with Crippen LogP contribution in [0.5, 0.6) is 5.88 Å². The number of esters is 1. The van der Waals surface area contributed by atoms with Gasteiger partial charge in [0.05, 0.1) is 41.7 Å². The zero-order valence-corrected chi connectivity index (χ0v) is 29.9. The Morgan fingerprint density at radius 3 is 2.51 bits per heavy atom. The second-order valence-corrected chi connectivity index (χ2v) is 16.6. The molecule has 49 heavy (non-hydrogen) atoms. The molecule has 266 valence electrons. The van der Waals surface area contributed by atoms with Crippen LogP contribution in [0.1, 0.15) is 71.8 Å². The predicted molar refractivity (Wildman–Crippen MR) is 182 cm³/mol. The number of rotatable bonds is 14. The van der Waals surface area contributed by atoms with Crippen LogP contribution in [0.4, 0.5) is 0 Å². The Balaban J connectivity index is 1.43. The first-order valence-corrected chi connectivity index (χ1v) is 18.3. The Bertz CT molecular complexity index is 1750. The molecule has 1 N–H and O–H groups in total. The van der Waals surface area contributed by atoms with Crippen LogP contribution in [-0.2, 0) is 38.7 Å². The quantitative estimate of drug-likeness (QED) is 0.226. The maximum atomic E-state index is 14.4. The van der Waals surface area contributed by atoms with Crippen molar-refractivity contribution in [3.8, 4) is 5.88 Å². The van der Waals surface area contributed by atoms with E-state index >= 15 is 0 Å². The van der Waals surface area contributed by atoms with Crippen LogP contribution in [0.25, 0.3) is 10.8 Å². The molecule has 13 heteroatoms. The Labute approximate surface area is 288 Å². The molecule has 2 amide bonds.